The molecule has 180 valence electrons. The van der Waals surface area contributed by atoms with Crippen LogP contribution in [-0.2, 0) is 10.3 Å². The van der Waals surface area contributed by atoms with Gasteiger partial charge in [-0.1, -0.05) is 109 Å². The lowest BCUT2D eigenvalue weighted by Gasteiger charge is -2.17. The van der Waals surface area contributed by atoms with E-state index in [0.29, 0.717) is 11.6 Å². The first-order valence-corrected chi connectivity index (χ1v) is 13.2. The Balaban J connectivity index is 0.00000161. The second kappa shape index (κ2) is 18.1. The van der Waals surface area contributed by atoms with E-state index in [1.165, 1.54) is 77.0 Å². The Labute approximate surface area is 188 Å². The molecule has 31 heavy (non-hydrogen) atoms. The lowest BCUT2D eigenvalue weighted by Crippen LogP contribution is -2.08. The Morgan fingerprint density at radius 2 is 1.26 bits per heavy atom. The first-order chi connectivity index (χ1) is 14.7. The molecule has 0 spiro atoms. The SMILES string of the molecule is CCCCCCCCC(CCCCCCCC)c1ccccc1[N+](=O)[O-].NS(=O)(=O)O. The molecule has 1 aromatic carbocycles. The van der Waals surface area contributed by atoms with Crippen molar-refractivity contribution < 1.29 is 17.9 Å². The van der Waals surface area contributed by atoms with Gasteiger partial charge in [-0.25, -0.2) is 5.14 Å². The number of unbranched alkanes of at least 4 members (excludes halogenated alkanes) is 10. The van der Waals surface area contributed by atoms with Gasteiger partial charge in [0.15, 0.2) is 0 Å². The lowest BCUT2D eigenvalue weighted by molar-refractivity contribution is -0.385. The maximum atomic E-state index is 11.4. The minimum Gasteiger partial charge on any atom is -0.274 e. The molecule has 1 aromatic rings. The molecule has 0 aliphatic carbocycles. The van der Waals surface area contributed by atoms with Crippen LogP contribution in [0.4, 0.5) is 5.69 Å². The molecule has 7 nitrogen and oxygen atoms in total. The van der Waals surface area contributed by atoms with Crippen molar-refractivity contribution in [2.75, 3.05) is 0 Å². The zero-order valence-corrected chi connectivity index (χ0v) is 20.1. The van der Waals surface area contributed by atoms with Crippen molar-refractivity contribution in [3.05, 3.63) is 39.9 Å². The monoisotopic (exact) mass is 458 g/mol. The van der Waals surface area contributed by atoms with Crippen molar-refractivity contribution >= 4 is 16.0 Å². The summed E-state index contributed by atoms with van der Waals surface area (Å²) in [6.07, 6.45) is 17.5. The number of benzene rings is 1. The first kappa shape index (κ1) is 29.5. The average molecular weight is 459 g/mol. The third kappa shape index (κ3) is 17.8. The molecule has 0 bridgehead atoms. The molecule has 0 unspecified atom stereocenters. The predicted molar refractivity (Wildman–Crippen MR) is 128 cm³/mol. The summed E-state index contributed by atoms with van der Waals surface area (Å²) in [7, 11) is -4.17. The second-order valence-corrected chi connectivity index (χ2v) is 9.17. The van der Waals surface area contributed by atoms with Gasteiger partial charge in [0, 0.05) is 11.6 Å². The van der Waals surface area contributed by atoms with E-state index in [0.717, 1.165) is 18.4 Å². The molecule has 0 saturated carbocycles. The van der Waals surface area contributed by atoms with E-state index in [1.807, 2.05) is 12.1 Å². The molecule has 1 rings (SSSR count). The van der Waals surface area contributed by atoms with Crippen LogP contribution < -0.4 is 5.14 Å². The number of hydrogen-bond donors (Lipinski definition) is 2. The van der Waals surface area contributed by atoms with Crippen molar-refractivity contribution in [2.45, 2.75) is 110 Å². The molecule has 3 N–H and O–H groups in total. The molecule has 0 fully saturated rings. The van der Waals surface area contributed by atoms with E-state index >= 15 is 0 Å². The van der Waals surface area contributed by atoms with Gasteiger partial charge in [0.1, 0.15) is 0 Å². The van der Waals surface area contributed by atoms with E-state index in [2.05, 4.69) is 19.0 Å². The van der Waals surface area contributed by atoms with Crippen molar-refractivity contribution in [2.24, 2.45) is 5.14 Å². The standard InChI is InChI=1S/C23H39NO2.H3NO3S/c1-3-5-7-9-11-13-17-21(18-14-12-10-8-6-4-2)22-19-15-16-20-23(22)24(25)26;1-5(2,3)4/h15-16,19-21H,3-14,17-18H2,1-2H3;(H3,1,2,3,4). The highest BCUT2D eigenvalue weighted by atomic mass is 32.2. The summed E-state index contributed by atoms with van der Waals surface area (Å²) < 4.78 is 25.2. The summed E-state index contributed by atoms with van der Waals surface area (Å²) in [5.41, 5.74) is 1.27. The molecule has 8 heteroatoms. The first-order valence-electron chi connectivity index (χ1n) is 11.7. The van der Waals surface area contributed by atoms with Crippen molar-refractivity contribution in [1.29, 1.82) is 0 Å². The van der Waals surface area contributed by atoms with E-state index < -0.39 is 10.3 Å². The number of rotatable bonds is 16. The highest BCUT2D eigenvalue weighted by molar-refractivity contribution is 7.83. The van der Waals surface area contributed by atoms with Crippen LogP contribution in [0.1, 0.15) is 115 Å². The average Bonchev–Trinajstić information content (AvgIpc) is 2.70. The molecule has 0 heterocycles. The van der Waals surface area contributed by atoms with Crippen LogP contribution in [0.25, 0.3) is 0 Å². The second-order valence-electron chi connectivity index (χ2n) is 8.14. The zero-order valence-electron chi connectivity index (χ0n) is 19.3. The molecule has 0 amide bonds. The molecule has 0 aromatic heterocycles. The smallest absolute Gasteiger partial charge is 0.274 e. The van der Waals surface area contributed by atoms with E-state index in [-0.39, 0.29) is 4.92 Å². The van der Waals surface area contributed by atoms with Crippen LogP contribution >= 0.6 is 0 Å². The van der Waals surface area contributed by atoms with Gasteiger partial charge in [0.05, 0.1) is 4.92 Å². The van der Waals surface area contributed by atoms with Gasteiger partial charge in [0.2, 0.25) is 0 Å². The third-order valence-electron chi connectivity index (χ3n) is 5.39. The Hall–Kier alpha value is -1.51. The van der Waals surface area contributed by atoms with Crippen molar-refractivity contribution in [3.8, 4) is 0 Å². The fourth-order valence-corrected chi connectivity index (χ4v) is 3.80. The summed E-state index contributed by atoms with van der Waals surface area (Å²) in [4.78, 5) is 11.2. The summed E-state index contributed by atoms with van der Waals surface area (Å²) >= 11 is 0. The maximum Gasteiger partial charge on any atom is 0.330 e. The molecule has 0 atom stereocenters. The molecular weight excluding hydrogens is 416 g/mol. The third-order valence-corrected chi connectivity index (χ3v) is 5.39. The Morgan fingerprint density at radius 1 is 0.871 bits per heavy atom. The minimum atomic E-state index is -4.17. The zero-order chi connectivity index (χ0) is 23.5. The van der Waals surface area contributed by atoms with Gasteiger partial charge >= 0.3 is 10.3 Å². The van der Waals surface area contributed by atoms with E-state index in [9.17, 15) is 10.1 Å². The van der Waals surface area contributed by atoms with Gasteiger partial charge in [-0.15, -0.1) is 0 Å². The summed E-state index contributed by atoms with van der Waals surface area (Å²) in [5, 5.41) is 15.3. The van der Waals surface area contributed by atoms with Crippen molar-refractivity contribution in [1.82, 2.24) is 0 Å². The fourth-order valence-electron chi connectivity index (χ4n) is 3.80. The summed E-state index contributed by atoms with van der Waals surface area (Å²) in [5.74, 6) is 0.342. The fraction of sp³-hybridized carbons (Fsp3) is 0.739. The number of nitrogens with two attached hydrogens (primary N) is 1. The van der Waals surface area contributed by atoms with Gasteiger partial charge < -0.3 is 0 Å². The van der Waals surface area contributed by atoms with E-state index in [4.69, 9.17) is 13.0 Å². The molecule has 0 saturated heterocycles. The van der Waals surface area contributed by atoms with Crippen LogP contribution in [0.2, 0.25) is 0 Å². The van der Waals surface area contributed by atoms with Crippen LogP contribution in [0, 0.1) is 10.1 Å². The quantitative estimate of drug-likeness (QED) is 0.120. The molecular formula is C23H42N2O5S. The number of nitro groups is 1. The normalized spacial score (nSPS) is 11.3. The number of para-hydroxylation sites is 1. The Morgan fingerprint density at radius 3 is 1.68 bits per heavy atom. The van der Waals surface area contributed by atoms with E-state index in [1.54, 1.807) is 12.1 Å². The molecule has 0 aliphatic rings. The topological polar surface area (TPSA) is 124 Å². The number of nitro benzene ring substituents is 1. The maximum absolute atomic E-state index is 11.4. The minimum absolute atomic E-state index is 0.204. The predicted octanol–water partition coefficient (Wildman–Crippen LogP) is 6.93. The number of hydrogen-bond acceptors (Lipinski definition) is 4. The molecule has 0 radical (unpaired) electrons. The van der Waals surface area contributed by atoms with Crippen LogP contribution in [0.15, 0.2) is 24.3 Å². The van der Waals surface area contributed by atoms with Gasteiger partial charge in [-0.3, -0.25) is 14.7 Å². The highest BCUT2D eigenvalue weighted by Gasteiger charge is 2.21. The highest BCUT2D eigenvalue weighted by Crippen LogP contribution is 2.34. The number of nitrogens with zero attached hydrogens (tertiary/aromatic N) is 1. The van der Waals surface area contributed by atoms with Crippen LogP contribution in [-0.4, -0.2) is 17.9 Å². The van der Waals surface area contributed by atoms with Gasteiger partial charge in [-0.05, 0) is 18.8 Å². The Kier molecular flexibility index (Phi) is 17.2. The molecule has 0 aliphatic heterocycles. The van der Waals surface area contributed by atoms with Gasteiger partial charge in [0.25, 0.3) is 5.69 Å². The summed E-state index contributed by atoms with van der Waals surface area (Å²) in [6.45, 7) is 4.48. The largest absolute Gasteiger partial charge is 0.330 e. The van der Waals surface area contributed by atoms with Gasteiger partial charge in [-0.2, -0.15) is 8.42 Å². The van der Waals surface area contributed by atoms with Crippen LogP contribution in [0.5, 0.6) is 0 Å². The Bertz CT molecular complexity index is 671. The van der Waals surface area contributed by atoms with Crippen molar-refractivity contribution in [3.63, 3.8) is 0 Å². The van der Waals surface area contributed by atoms with Crippen LogP contribution in [0.3, 0.4) is 0 Å². The summed E-state index contributed by atoms with van der Waals surface area (Å²) in [6, 6.07) is 7.40. The lowest BCUT2D eigenvalue weighted by atomic mass is 9.87.